The zero-order valence-electron chi connectivity index (χ0n) is 22.3. The summed E-state index contributed by atoms with van der Waals surface area (Å²) in [6, 6.07) is 8.59. The summed E-state index contributed by atoms with van der Waals surface area (Å²) in [6.07, 6.45) is 4.73. The number of aliphatic hydroxyl groups is 1. The molecule has 32 heavy (non-hydrogen) atoms. The van der Waals surface area contributed by atoms with Crippen molar-refractivity contribution in [3.05, 3.63) is 35.4 Å². The van der Waals surface area contributed by atoms with Crippen LogP contribution in [0.15, 0.2) is 24.3 Å². The standard InChI is InChI=1S/C14H18O3.C13H26.C2H6/c1-9-2-4-10(5-3-9)6-11-7-16-14-12(15)8-17-13(11)14;1-7-10(2)12(3,4)13(5,6)11-8-9-11;1-2/h2-5,11-15H,6-8H2,1H3;10-11H,7-9H2,1-6H3;1-2H3/t11-,12-,13+,14+;;/m1../s1. The lowest BCUT2D eigenvalue weighted by atomic mass is 9.59. The minimum atomic E-state index is -0.442. The van der Waals surface area contributed by atoms with Crippen molar-refractivity contribution in [1.29, 1.82) is 0 Å². The lowest BCUT2D eigenvalue weighted by Crippen LogP contribution is -2.39. The SMILES string of the molecule is CC.CCC(C)C(C)(C)C(C)(C)C1CC1.Cc1ccc(C[C@@H]2CO[C@@H]3[C@H]2OC[C@H]3O)cc1. The Kier molecular flexibility index (Phi) is 9.82. The van der Waals surface area contributed by atoms with Crippen LogP contribution in [-0.4, -0.2) is 36.6 Å². The molecule has 0 bridgehead atoms. The molecule has 1 saturated carbocycles. The molecule has 2 saturated heterocycles. The lowest BCUT2D eigenvalue weighted by Gasteiger charge is -2.46. The van der Waals surface area contributed by atoms with Crippen LogP contribution in [-0.2, 0) is 15.9 Å². The highest BCUT2D eigenvalue weighted by Gasteiger charge is 2.49. The van der Waals surface area contributed by atoms with Gasteiger partial charge in [0.05, 0.1) is 19.3 Å². The first kappa shape index (κ1) is 27.3. The smallest absolute Gasteiger partial charge is 0.112 e. The van der Waals surface area contributed by atoms with Crippen LogP contribution in [0.3, 0.4) is 0 Å². The van der Waals surface area contributed by atoms with E-state index < -0.39 is 6.10 Å². The molecule has 0 spiro atoms. The molecular weight excluding hydrogens is 396 g/mol. The second kappa shape index (κ2) is 11.5. The highest BCUT2D eigenvalue weighted by atomic mass is 16.6. The Hall–Kier alpha value is -0.900. The summed E-state index contributed by atoms with van der Waals surface area (Å²) in [6.45, 7) is 21.8. The van der Waals surface area contributed by atoms with Gasteiger partial charge in [-0.05, 0) is 54.4 Å². The van der Waals surface area contributed by atoms with E-state index in [1.807, 2.05) is 13.8 Å². The molecular formula is C29H50O3. The topological polar surface area (TPSA) is 38.7 Å². The van der Waals surface area contributed by atoms with Gasteiger partial charge in [0.1, 0.15) is 12.2 Å². The van der Waals surface area contributed by atoms with E-state index in [1.54, 1.807) is 0 Å². The van der Waals surface area contributed by atoms with Crippen LogP contribution in [0.2, 0.25) is 0 Å². The lowest BCUT2D eigenvalue weighted by molar-refractivity contribution is 0.0169. The number of benzene rings is 1. The summed E-state index contributed by atoms with van der Waals surface area (Å²) in [5, 5.41) is 9.67. The zero-order valence-corrected chi connectivity index (χ0v) is 22.3. The van der Waals surface area contributed by atoms with Crippen molar-refractivity contribution in [3.63, 3.8) is 0 Å². The van der Waals surface area contributed by atoms with Gasteiger partial charge in [0.25, 0.3) is 0 Å². The molecule has 5 atom stereocenters. The van der Waals surface area contributed by atoms with Gasteiger partial charge < -0.3 is 14.6 Å². The van der Waals surface area contributed by atoms with E-state index in [-0.39, 0.29) is 12.2 Å². The minimum Gasteiger partial charge on any atom is -0.388 e. The Balaban J connectivity index is 0.000000218. The fourth-order valence-electron chi connectivity index (χ4n) is 5.24. The number of hydrogen-bond acceptors (Lipinski definition) is 3. The van der Waals surface area contributed by atoms with Gasteiger partial charge in [-0.2, -0.15) is 0 Å². The van der Waals surface area contributed by atoms with E-state index in [9.17, 15) is 5.11 Å². The highest BCUT2D eigenvalue weighted by molar-refractivity contribution is 5.22. The molecule has 1 N–H and O–H groups in total. The predicted molar refractivity (Wildman–Crippen MR) is 135 cm³/mol. The van der Waals surface area contributed by atoms with E-state index in [1.165, 1.54) is 30.4 Å². The molecule has 4 rings (SSSR count). The number of ether oxygens (including phenoxy) is 2. The Labute approximate surface area is 198 Å². The molecule has 184 valence electrons. The summed E-state index contributed by atoms with van der Waals surface area (Å²) in [5.74, 6) is 2.21. The number of aryl methyl sites for hydroxylation is 1. The number of aliphatic hydroxyl groups excluding tert-OH is 1. The number of hydrogen-bond donors (Lipinski definition) is 1. The van der Waals surface area contributed by atoms with E-state index >= 15 is 0 Å². The fourth-order valence-corrected chi connectivity index (χ4v) is 5.24. The van der Waals surface area contributed by atoms with Gasteiger partial charge in [0.15, 0.2) is 0 Å². The molecule has 0 amide bonds. The first-order valence-corrected chi connectivity index (χ1v) is 13.0. The van der Waals surface area contributed by atoms with Crippen LogP contribution in [0.25, 0.3) is 0 Å². The van der Waals surface area contributed by atoms with Gasteiger partial charge in [0, 0.05) is 5.92 Å². The average Bonchev–Trinajstić information content (AvgIpc) is 3.48. The van der Waals surface area contributed by atoms with Gasteiger partial charge in [-0.1, -0.05) is 91.6 Å². The third kappa shape index (κ3) is 6.15. The fraction of sp³-hybridized carbons (Fsp3) is 0.793. The summed E-state index contributed by atoms with van der Waals surface area (Å²) >= 11 is 0. The maximum Gasteiger partial charge on any atom is 0.112 e. The van der Waals surface area contributed by atoms with Crippen LogP contribution in [0, 0.1) is 35.5 Å². The van der Waals surface area contributed by atoms with Crippen molar-refractivity contribution in [2.75, 3.05) is 13.2 Å². The van der Waals surface area contributed by atoms with E-state index in [2.05, 4.69) is 72.7 Å². The second-order valence-electron chi connectivity index (χ2n) is 11.1. The summed E-state index contributed by atoms with van der Waals surface area (Å²) in [4.78, 5) is 0. The quantitative estimate of drug-likeness (QED) is 0.520. The highest BCUT2D eigenvalue weighted by Crippen LogP contribution is 2.57. The first-order valence-electron chi connectivity index (χ1n) is 13.0. The normalized spacial score (nSPS) is 28.2. The summed E-state index contributed by atoms with van der Waals surface area (Å²) in [7, 11) is 0. The van der Waals surface area contributed by atoms with Gasteiger partial charge in [-0.3, -0.25) is 0 Å². The van der Waals surface area contributed by atoms with Crippen LogP contribution < -0.4 is 0 Å². The zero-order chi connectivity index (χ0) is 24.1. The first-order chi connectivity index (χ1) is 15.1. The van der Waals surface area contributed by atoms with Crippen molar-refractivity contribution < 1.29 is 14.6 Å². The number of rotatable bonds is 6. The van der Waals surface area contributed by atoms with Crippen LogP contribution in [0.4, 0.5) is 0 Å². The monoisotopic (exact) mass is 446 g/mol. The Bertz CT molecular complexity index is 674. The molecule has 0 aromatic heterocycles. The molecule has 3 nitrogen and oxygen atoms in total. The van der Waals surface area contributed by atoms with Crippen molar-refractivity contribution in [1.82, 2.24) is 0 Å². The predicted octanol–water partition coefficient (Wildman–Crippen LogP) is 6.83. The molecule has 3 aliphatic rings. The molecule has 0 radical (unpaired) electrons. The molecule has 1 aliphatic carbocycles. The van der Waals surface area contributed by atoms with Gasteiger partial charge in [-0.15, -0.1) is 0 Å². The molecule has 1 aromatic rings. The largest absolute Gasteiger partial charge is 0.388 e. The van der Waals surface area contributed by atoms with Gasteiger partial charge in [0.2, 0.25) is 0 Å². The third-order valence-corrected chi connectivity index (χ3v) is 8.85. The van der Waals surface area contributed by atoms with E-state index in [0.717, 1.165) is 18.3 Å². The van der Waals surface area contributed by atoms with Crippen LogP contribution in [0.5, 0.6) is 0 Å². The van der Waals surface area contributed by atoms with Crippen LogP contribution >= 0.6 is 0 Å². The van der Waals surface area contributed by atoms with Gasteiger partial charge in [-0.25, -0.2) is 0 Å². The van der Waals surface area contributed by atoms with Crippen molar-refractivity contribution in [3.8, 4) is 0 Å². The Morgan fingerprint density at radius 3 is 2.06 bits per heavy atom. The second-order valence-corrected chi connectivity index (χ2v) is 11.1. The minimum absolute atomic E-state index is 0.0753. The molecule has 1 unspecified atom stereocenters. The third-order valence-electron chi connectivity index (χ3n) is 8.85. The maximum atomic E-state index is 9.67. The van der Waals surface area contributed by atoms with Crippen LogP contribution in [0.1, 0.15) is 85.8 Å². The van der Waals surface area contributed by atoms with E-state index in [4.69, 9.17) is 9.47 Å². The van der Waals surface area contributed by atoms with Crippen molar-refractivity contribution >= 4 is 0 Å². The summed E-state index contributed by atoms with van der Waals surface area (Å²) < 4.78 is 11.2. The molecule has 2 aliphatic heterocycles. The van der Waals surface area contributed by atoms with Gasteiger partial charge >= 0.3 is 0 Å². The Morgan fingerprint density at radius 1 is 0.969 bits per heavy atom. The van der Waals surface area contributed by atoms with Crippen molar-refractivity contribution in [2.24, 2.45) is 28.6 Å². The van der Waals surface area contributed by atoms with E-state index in [0.29, 0.717) is 30.0 Å². The molecule has 3 fully saturated rings. The Morgan fingerprint density at radius 2 is 1.53 bits per heavy atom. The molecule has 1 aromatic carbocycles. The van der Waals surface area contributed by atoms with Crippen molar-refractivity contribution in [2.45, 2.75) is 106 Å². The average molecular weight is 447 g/mol. The summed E-state index contributed by atoms with van der Waals surface area (Å²) in [5.41, 5.74) is 3.61. The maximum absolute atomic E-state index is 9.67. The molecule has 3 heteroatoms. The molecule has 2 heterocycles. The number of fused-ring (bicyclic) bond motifs is 1.